The molecule has 0 aliphatic rings. The molecule has 10 rings (SSSR count). The lowest BCUT2D eigenvalue weighted by atomic mass is 9.71. The summed E-state index contributed by atoms with van der Waals surface area (Å²) in [5, 5.41) is 30.6. The van der Waals surface area contributed by atoms with E-state index in [4.69, 9.17) is 9.47 Å². The van der Waals surface area contributed by atoms with Gasteiger partial charge in [0.25, 0.3) is 0 Å². The quantitative estimate of drug-likeness (QED) is 0.0841. The maximum absolute atomic E-state index is 14.8. The van der Waals surface area contributed by atoms with Crippen molar-refractivity contribution in [1.29, 1.82) is 0 Å². The molecule has 8 aromatic carbocycles. The number of phenolic OH excluding ortho intramolecular Hbond substituents is 2. The Hall–Kier alpha value is -7.86. The van der Waals surface area contributed by atoms with Crippen molar-refractivity contribution in [2.24, 2.45) is 10.8 Å². The van der Waals surface area contributed by atoms with Crippen molar-refractivity contribution < 1.29 is 46.0 Å². The third-order valence-corrected chi connectivity index (χ3v) is 19.1. The molecule has 12 heteroatoms. The minimum absolute atomic E-state index is 0.0122. The average Bonchev–Trinajstić information content (AvgIpc) is 1.62. The molecule has 2 aromatic heterocycles. The van der Waals surface area contributed by atoms with E-state index in [-0.39, 0.29) is 97.3 Å². The molecular weight excluding hydrogens is 1230 g/mol. The second-order valence-electron chi connectivity index (χ2n) is 35.0. The second kappa shape index (κ2) is 24.5. The number of hydrogen-bond donors (Lipinski definition) is 2. The summed E-state index contributed by atoms with van der Waals surface area (Å²) in [5.41, 5.74) is 5.50. The Kier molecular flexibility index (Phi) is 18.2. The molecule has 516 valence electrons. The summed E-state index contributed by atoms with van der Waals surface area (Å²) in [4.78, 5) is 0. The van der Waals surface area contributed by atoms with Crippen molar-refractivity contribution in [3.8, 4) is 56.6 Å². The number of aromatic hydroxyl groups is 2. The van der Waals surface area contributed by atoms with Gasteiger partial charge in [-0.1, -0.05) is 201 Å². The Labute approximate surface area is 571 Å². The number of aromatic nitrogens is 2. The number of phenols is 2. The number of ether oxygens (including phenoxy) is 2. The van der Waals surface area contributed by atoms with Gasteiger partial charge < -0.3 is 28.8 Å². The van der Waals surface area contributed by atoms with E-state index in [1.165, 1.54) is 12.1 Å². The molecule has 0 amide bonds. The van der Waals surface area contributed by atoms with Gasteiger partial charge in [-0.3, -0.25) is 0 Å². The molecule has 0 aliphatic heterocycles. The van der Waals surface area contributed by atoms with Crippen LogP contribution in [0.3, 0.4) is 0 Å². The van der Waals surface area contributed by atoms with Gasteiger partial charge in [-0.05, 0) is 174 Å². The van der Waals surface area contributed by atoms with Crippen LogP contribution in [0.2, 0.25) is 0 Å². The van der Waals surface area contributed by atoms with Gasteiger partial charge in [0.05, 0.1) is 46.4 Å². The van der Waals surface area contributed by atoms with Gasteiger partial charge in [-0.2, -0.15) is 26.3 Å². The number of halogens is 6. The standard InChI is InChI=1S/C85H100F6N2O4/c1-76(2,3)48-82(19,20)64-46-58(50-26-23-28-56(40-50)84(86,87)88)72(94)70(92-66-34-30-52(78(7,8)9)42-60(66)61-43-53(79(10,11)12)31-35-67(61)92)74(64)96-38-25-39-97-75-65(83(21,22)49-77(4,5)6)47-59(51-27-24-29-57(41-51)85(89,90)91)73(95)71(75)93-68-36-32-54(80(13,14)15)44-62(68)63-45-55(81(16,17)18)33-37-69(63)93/h23-24,26-37,40-47,94-95H,25,38-39,48-49H2,1-22H3. The van der Waals surface area contributed by atoms with Crippen LogP contribution in [0.4, 0.5) is 26.3 Å². The SMILES string of the molecule is CC(C)(C)CC(C)(C)c1cc(-c2cccc(C(F)(F)F)c2)c(O)c(-n2c3ccc(C(C)(C)C)cc3c3cc(C(C)(C)C)ccc32)c1OCCCOc1c(C(C)(C)CC(C)(C)C)cc(-c2cccc(C(F)(F)F)c2)c(O)c1-n1c2ccc(C(C)(C)C)cc2c2cc(C(C)(C)C)ccc21. The highest BCUT2D eigenvalue weighted by Crippen LogP contribution is 2.55. The molecule has 10 aromatic rings. The average molecular weight is 1330 g/mol. The maximum Gasteiger partial charge on any atom is 0.416 e. The first-order valence-corrected chi connectivity index (χ1v) is 34.1. The summed E-state index contributed by atoms with van der Waals surface area (Å²) in [5.74, 6) is 0.181. The molecule has 0 saturated carbocycles. The summed E-state index contributed by atoms with van der Waals surface area (Å²) in [6.07, 6.45) is -7.89. The van der Waals surface area contributed by atoms with Gasteiger partial charge in [0, 0.05) is 50.2 Å². The zero-order valence-corrected chi connectivity index (χ0v) is 61.1. The summed E-state index contributed by atoms with van der Waals surface area (Å²) in [7, 11) is 0. The third kappa shape index (κ3) is 14.5. The molecule has 0 radical (unpaired) electrons. The molecular formula is C85H100F6N2O4. The second-order valence-corrected chi connectivity index (χ2v) is 35.0. The van der Waals surface area contributed by atoms with Crippen molar-refractivity contribution in [3.63, 3.8) is 0 Å². The van der Waals surface area contributed by atoms with E-state index in [2.05, 4.69) is 225 Å². The van der Waals surface area contributed by atoms with E-state index >= 15 is 0 Å². The topological polar surface area (TPSA) is 68.8 Å². The lowest BCUT2D eigenvalue weighted by Gasteiger charge is -2.36. The predicted octanol–water partition coefficient (Wildman–Crippen LogP) is 25.1. The Morgan fingerprint density at radius 1 is 0.340 bits per heavy atom. The summed E-state index contributed by atoms with van der Waals surface area (Å²) < 4.78 is 107. The van der Waals surface area contributed by atoms with Crippen LogP contribution in [-0.2, 0) is 44.8 Å². The smallest absolute Gasteiger partial charge is 0.416 e. The molecule has 0 fully saturated rings. The molecule has 6 nitrogen and oxygen atoms in total. The summed E-state index contributed by atoms with van der Waals surface area (Å²) in [6, 6.07) is 39.3. The van der Waals surface area contributed by atoms with Crippen molar-refractivity contribution in [2.45, 2.75) is 216 Å². The molecule has 2 N–H and O–H groups in total. The van der Waals surface area contributed by atoms with Crippen LogP contribution in [-0.4, -0.2) is 32.6 Å². The highest BCUT2D eigenvalue weighted by atomic mass is 19.4. The first-order valence-electron chi connectivity index (χ1n) is 34.1. The van der Waals surface area contributed by atoms with Gasteiger partial charge in [0.1, 0.15) is 11.4 Å². The summed E-state index contributed by atoms with van der Waals surface area (Å²) >= 11 is 0. The van der Waals surface area contributed by atoms with Crippen LogP contribution >= 0.6 is 0 Å². The first-order chi connectivity index (χ1) is 44.5. The lowest BCUT2D eigenvalue weighted by Crippen LogP contribution is -2.27. The predicted molar refractivity (Wildman–Crippen MR) is 390 cm³/mol. The van der Waals surface area contributed by atoms with Crippen LogP contribution in [0.25, 0.3) is 77.2 Å². The Bertz CT molecular complexity index is 4220. The Morgan fingerprint density at radius 3 is 0.866 bits per heavy atom. The van der Waals surface area contributed by atoms with E-state index in [1.54, 1.807) is 24.3 Å². The Balaban J connectivity index is 1.22. The fourth-order valence-corrected chi connectivity index (χ4v) is 14.8. The fraction of sp³-hybridized carbons (Fsp3) is 0.435. The normalized spacial score (nSPS) is 13.6. The molecule has 0 atom stereocenters. The highest BCUT2D eigenvalue weighted by Gasteiger charge is 2.40. The summed E-state index contributed by atoms with van der Waals surface area (Å²) in [6.45, 7) is 47.3. The molecule has 0 saturated heterocycles. The Morgan fingerprint density at radius 2 is 0.619 bits per heavy atom. The van der Waals surface area contributed by atoms with Crippen molar-refractivity contribution in [1.82, 2.24) is 9.13 Å². The van der Waals surface area contributed by atoms with Crippen molar-refractivity contribution in [3.05, 3.63) is 178 Å². The number of rotatable bonds is 14. The molecule has 0 bridgehead atoms. The van der Waals surface area contributed by atoms with Gasteiger partial charge >= 0.3 is 12.4 Å². The van der Waals surface area contributed by atoms with Gasteiger partial charge in [-0.25, -0.2) is 0 Å². The van der Waals surface area contributed by atoms with E-state index in [1.807, 2.05) is 9.13 Å². The molecule has 0 spiro atoms. The van der Waals surface area contributed by atoms with Crippen LogP contribution in [0.15, 0.2) is 133 Å². The van der Waals surface area contributed by atoms with E-state index < -0.39 is 34.3 Å². The molecule has 2 heterocycles. The zero-order chi connectivity index (χ0) is 71.7. The van der Waals surface area contributed by atoms with Crippen molar-refractivity contribution >= 4 is 43.6 Å². The minimum atomic E-state index is -4.67. The largest absolute Gasteiger partial charge is 0.505 e. The monoisotopic (exact) mass is 1330 g/mol. The van der Waals surface area contributed by atoms with Crippen LogP contribution in [0.1, 0.15) is 216 Å². The number of alkyl halides is 6. The number of hydrogen-bond acceptors (Lipinski definition) is 4. The van der Waals surface area contributed by atoms with Crippen LogP contribution < -0.4 is 9.47 Å². The maximum atomic E-state index is 14.8. The van der Waals surface area contributed by atoms with E-state index in [9.17, 15) is 36.6 Å². The van der Waals surface area contributed by atoms with Gasteiger partial charge in [0.15, 0.2) is 23.0 Å². The van der Waals surface area contributed by atoms with Crippen molar-refractivity contribution in [2.75, 3.05) is 13.2 Å². The molecule has 0 aliphatic carbocycles. The van der Waals surface area contributed by atoms with Gasteiger partial charge in [-0.15, -0.1) is 0 Å². The number of benzene rings is 8. The zero-order valence-electron chi connectivity index (χ0n) is 61.1. The molecule has 0 unspecified atom stereocenters. The number of nitrogens with zero attached hydrogens (tertiary/aromatic N) is 2. The third-order valence-electron chi connectivity index (χ3n) is 19.1. The first kappa shape index (κ1) is 71.9. The highest BCUT2D eigenvalue weighted by molar-refractivity contribution is 6.12. The number of fused-ring (bicyclic) bond motifs is 6. The van der Waals surface area contributed by atoms with Gasteiger partial charge in [0.2, 0.25) is 0 Å². The minimum Gasteiger partial charge on any atom is -0.505 e. The molecule has 97 heavy (non-hydrogen) atoms. The van der Waals surface area contributed by atoms with E-state index in [0.29, 0.717) is 35.5 Å². The lowest BCUT2D eigenvalue weighted by molar-refractivity contribution is -0.138. The van der Waals surface area contributed by atoms with Crippen LogP contribution in [0, 0.1) is 10.8 Å². The van der Waals surface area contributed by atoms with Crippen LogP contribution in [0.5, 0.6) is 23.0 Å². The fourth-order valence-electron chi connectivity index (χ4n) is 14.8. The van der Waals surface area contributed by atoms with E-state index in [0.717, 1.165) is 90.1 Å².